The van der Waals surface area contributed by atoms with E-state index in [4.69, 9.17) is 11.7 Å². The molecule has 1 fully saturated rings. The van der Waals surface area contributed by atoms with E-state index < -0.39 is 0 Å². The van der Waals surface area contributed by atoms with Gasteiger partial charge in [-0.3, -0.25) is 0 Å². The molecule has 3 heteroatoms. The van der Waals surface area contributed by atoms with E-state index in [1.165, 1.54) is 12.8 Å². The molecule has 0 radical (unpaired) electrons. The summed E-state index contributed by atoms with van der Waals surface area (Å²) < 4.78 is 0. The second-order valence-corrected chi connectivity index (χ2v) is 4.02. The molecule has 0 amide bonds. The van der Waals surface area contributed by atoms with Gasteiger partial charge < -0.3 is 4.90 Å². The number of terminal acetylenes is 1. The average Bonchev–Trinajstić information content (AvgIpc) is 3.12. The largest absolute Gasteiger partial charge is 0.345 e. The van der Waals surface area contributed by atoms with E-state index in [9.17, 15) is 0 Å². The van der Waals surface area contributed by atoms with Crippen LogP contribution < -0.4 is 4.90 Å². The third-order valence-corrected chi connectivity index (χ3v) is 2.63. The van der Waals surface area contributed by atoms with Crippen molar-refractivity contribution in [3.63, 3.8) is 0 Å². The summed E-state index contributed by atoms with van der Waals surface area (Å²) in [7, 11) is 0. The Morgan fingerprint density at radius 3 is 2.94 bits per heavy atom. The standard InChI is InChI=1S/C13H13N3/c1-2-8-16(10-11-6-7-11)13-5-3-4-12(9-14)15-13/h1,3-5,11H,6-8,10H2. The molecule has 0 N–H and O–H groups in total. The third kappa shape index (κ3) is 2.52. The summed E-state index contributed by atoms with van der Waals surface area (Å²) in [6, 6.07) is 7.49. The molecule has 0 saturated heterocycles. The lowest BCUT2D eigenvalue weighted by Gasteiger charge is -2.20. The first-order valence-electron chi connectivity index (χ1n) is 5.39. The Morgan fingerprint density at radius 1 is 1.50 bits per heavy atom. The van der Waals surface area contributed by atoms with Crippen molar-refractivity contribution >= 4 is 5.82 Å². The van der Waals surface area contributed by atoms with Crippen LogP contribution in [0.15, 0.2) is 18.2 Å². The first-order chi connectivity index (χ1) is 7.83. The second-order valence-electron chi connectivity index (χ2n) is 4.02. The molecule has 1 saturated carbocycles. The zero-order chi connectivity index (χ0) is 11.4. The molecule has 80 valence electrons. The molecule has 2 rings (SSSR count). The highest BCUT2D eigenvalue weighted by atomic mass is 15.2. The van der Waals surface area contributed by atoms with Crippen LogP contribution in [0.1, 0.15) is 18.5 Å². The molecule has 0 spiro atoms. The number of rotatable bonds is 4. The monoisotopic (exact) mass is 211 g/mol. The molecule has 3 nitrogen and oxygen atoms in total. The lowest BCUT2D eigenvalue weighted by atomic mass is 10.3. The molecule has 0 aliphatic heterocycles. The number of nitrogens with zero attached hydrogens (tertiary/aromatic N) is 3. The quantitative estimate of drug-likeness (QED) is 0.713. The van der Waals surface area contributed by atoms with Gasteiger partial charge in [-0.2, -0.15) is 5.26 Å². The Balaban J connectivity index is 2.16. The molecule has 0 atom stereocenters. The average molecular weight is 211 g/mol. The van der Waals surface area contributed by atoms with E-state index in [0.717, 1.165) is 18.3 Å². The Bertz CT molecular complexity index is 449. The van der Waals surface area contributed by atoms with Crippen molar-refractivity contribution in [3.8, 4) is 18.4 Å². The molecular weight excluding hydrogens is 198 g/mol. The number of nitriles is 1. The fraction of sp³-hybridized carbons (Fsp3) is 0.385. The lowest BCUT2D eigenvalue weighted by molar-refractivity contribution is 0.754. The minimum atomic E-state index is 0.440. The van der Waals surface area contributed by atoms with Gasteiger partial charge in [0.25, 0.3) is 0 Å². The van der Waals surface area contributed by atoms with Crippen molar-refractivity contribution in [1.82, 2.24) is 4.98 Å². The summed E-state index contributed by atoms with van der Waals surface area (Å²) in [5.41, 5.74) is 0.440. The molecule has 1 aliphatic carbocycles. The molecule has 16 heavy (non-hydrogen) atoms. The Kier molecular flexibility index (Phi) is 3.08. The van der Waals surface area contributed by atoms with Crippen LogP contribution in [0.4, 0.5) is 5.82 Å². The van der Waals surface area contributed by atoms with E-state index in [1.807, 2.05) is 18.2 Å². The van der Waals surface area contributed by atoms with Gasteiger partial charge in [0.1, 0.15) is 17.6 Å². The predicted molar refractivity (Wildman–Crippen MR) is 62.7 cm³/mol. The number of pyridine rings is 1. The highest BCUT2D eigenvalue weighted by Crippen LogP contribution is 2.30. The SMILES string of the molecule is C#CCN(CC1CC1)c1cccc(C#N)n1. The second kappa shape index (κ2) is 4.68. The molecule has 0 bridgehead atoms. The maximum atomic E-state index is 8.80. The van der Waals surface area contributed by atoms with Gasteiger partial charge >= 0.3 is 0 Å². The molecular formula is C13H13N3. The van der Waals surface area contributed by atoms with Gasteiger partial charge in [-0.1, -0.05) is 12.0 Å². The van der Waals surface area contributed by atoms with Crippen molar-refractivity contribution in [1.29, 1.82) is 5.26 Å². The van der Waals surface area contributed by atoms with E-state index >= 15 is 0 Å². The van der Waals surface area contributed by atoms with Gasteiger partial charge in [0.15, 0.2) is 0 Å². The van der Waals surface area contributed by atoms with Gasteiger partial charge in [0.05, 0.1) is 6.54 Å². The van der Waals surface area contributed by atoms with Gasteiger partial charge in [-0.15, -0.1) is 6.42 Å². The summed E-state index contributed by atoms with van der Waals surface area (Å²) in [4.78, 5) is 6.33. The van der Waals surface area contributed by atoms with Crippen molar-refractivity contribution in [2.45, 2.75) is 12.8 Å². The van der Waals surface area contributed by atoms with Crippen LogP contribution in [0, 0.1) is 29.6 Å². The van der Waals surface area contributed by atoms with Gasteiger partial charge in [-0.05, 0) is 30.9 Å². The van der Waals surface area contributed by atoms with Gasteiger partial charge in [0, 0.05) is 6.54 Å². The van der Waals surface area contributed by atoms with Crippen LogP contribution >= 0.6 is 0 Å². The fourth-order valence-corrected chi connectivity index (χ4v) is 1.62. The summed E-state index contributed by atoms with van der Waals surface area (Å²) >= 11 is 0. The molecule has 0 aromatic carbocycles. The van der Waals surface area contributed by atoms with Crippen molar-refractivity contribution in [2.75, 3.05) is 18.0 Å². The number of hydrogen-bond donors (Lipinski definition) is 0. The smallest absolute Gasteiger partial charge is 0.142 e. The van der Waals surface area contributed by atoms with Crippen LogP contribution in [0.25, 0.3) is 0 Å². The summed E-state index contributed by atoms with van der Waals surface area (Å²) in [5.74, 6) is 4.20. The summed E-state index contributed by atoms with van der Waals surface area (Å²) in [6.45, 7) is 1.50. The fourth-order valence-electron chi connectivity index (χ4n) is 1.62. The van der Waals surface area contributed by atoms with Crippen LogP contribution in [0.3, 0.4) is 0 Å². The molecule has 1 heterocycles. The first kappa shape index (κ1) is 10.5. The van der Waals surface area contributed by atoms with E-state index in [-0.39, 0.29) is 0 Å². The van der Waals surface area contributed by atoms with Crippen LogP contribution in [0.5, 0.6) is 0 Å². The minimum Gasteiger partial charge on any atom is -0.345 e. The third-order valence-electron chi connectivity index (χ3n) is 2.63. The minimum absolute atomic E-state index is 0.440. The number of hydrogen-bond acceptors (Lipinski definition) is 3. The van der Waals surface area contributed by atoms with E-state index in [2.05, 4.69) is 15.8 Å². The molecule has 1 aliphatic rings. The maximum Gasteiger partial charge on any atom is 0.142 e. The van der Waals surface area contributed by atoms with Crippen molar-refractivity contribution in [2.24, 2.45) is 5.92 Å². The number of anilines is 1. The van der Waals surface area contributed by atoms with Gasteiger partial charge in [0.2, 0.25) is 0 Å². The van der Waals surface area contributed by atoms with Crippen LogP contribution in [0.2, 0.25) is 0 Å². The van der Waals surface area contributed by atoms with Crippen molar-refractivity contribution in [3.05, 3.63) is 23.9 Å². The zero-order valence-corrected chi connectivity index (χ0v) is 9.06. The molecule has 1 aromatic heterocycles. The predicted octanol–water partition coefficient (Wildman–Crippen LogP) is 1.80. The maximum absolute atomic E-state index is 8.80. The molecule has 1 aromatic rings. The number of aromatic nitrogens is 1. The van der Waals surface area contributed by atoms with Crippen molar-refractivity contribution < 1.29 is 0 Å². The highest BCUT2D eigenvalue weighted by Gasteiger charge is 2.24. The first-order valence-corrected chi connectivity index (χ1v) is 5.39. The Hall–Kier alpha value is -2.00. The summed E-state index contributed by atoms with van der Waals surface area (Å²) in [6.07, 6.45) is 7.90. The zero-order valence-electron chi connectivity index (χ0n) is 9.06. The summed E-state index contributed by atoms with van der Waals surface area (Å²) in [5, 5.41) is 8.80. The highest BCUT2D eigenvalue weighted by molar-refractivity contribution is 5.43. The van der Waals surface area contributed by atoms with Crippen LogP contribution in [-0.2, 0) is 0 Å². The normalized spacial score (nSPS) is 13.9. The Morgan fingerprint density at radius 2 is 2.31 bits per heavy atom. The van der Waals surface area contributed by atoms with Gasteiger partial charge in [-0.25, -0.2) is 4.98 Å². The lowest BCUT2D eigenvalue weighted by Crippen LogP contribution is -2.27. The topological polar surface area (TPSA) is 39.9 Å². The van der Waals surface area contributed by atoms with E-state index in [1.54, 1.807) is 6.07 Å². The van der Waals surface area contributed by atoms with Crippen LogP contribution in [-0.4, -0.2) is 18.1 Å². The Labute approximate surface area is 95.7 Å². The molecule has 0 unspecified atom stereocenters. The van der Waals surface area contributed by atoms with E-state index in [0.29, 0.717) is 12.2 Å².